The summed E-state index contributed by atoms with van der Waals surface area (Å²) in [4.78, 5) is 64.9. The highest BCUT2D eigenvalue weighted by molar-refractivity contribution is 5.81. The molecule has 0 radical (unpaired) electrons. The highest BCUT2D eigenvalue weighted by atomic mass is 16.4. The Morgan fingerprint density at radius 2 is 0.905 bits per heavy atom. The van der Waals surface area contributed by atoms with Gasteiger partial charge in [-0.2, -0.15) is 0 Å². The van der Waals surface area contributed by atoms with Crippen molar-refractivity contribution in [2.24, 2.45) is 0 Å². The molecule has 42 heavy (non-hydrogen) atoms. The molecular formula is C28H51N5O9. The van der Waals surface area contributed by atoms with Crippen molar-refractivity contribution in [3.8, 4) is 0 Å². The molecule has 1 unspecified atom stereocenters. The normalized spacial score (nSPS) is 17.5. The lowest BCUT2D eigenvalue weighted by molar-refractivity contribution is -0.140. The Kier molecular flexibility index (Phi) is 19.3. The third-order valence-corrected chi connectivity index (χ3v) is 7.49. The van der Waals surface area contributed by atoms with E-state index < -0.39 is 29.9 Å². The summed E-state index contributed by atoms with van der Waals surface area (Å²) < 4.78 is 0. The number of hydrogen-bond donors (Lipinski definition) is 5. The minimum absolute atomic E-state index is 0.136. The van der Waals surface area contributed by atoms with E-state index in [-0.39, 0.29) is 32.0 Å². The molecule has 1 aliphatic rings. The van der Waals surface area contributed by atoms with Gasteiger partial charge in [-0.25, -0.2) is 0 Å². The fourth-order valence-electron chi connectivity index (χ4n) is 4.98. The van der Waals surface area contributed by atoms with Crippen molar-refractivity contribution in [2.45, 2.75) is 70.8 Å². The number of carboxylic acid groups (broad SMARTS) is 4. The Morgan fingerprint density at radius 3 is 1.29 bits per heavy atom. The topological polar surface area (TPSA) is 191 Å². The Balaban J connectivity index is 2.64. The number of carbonyl (C=O) groups excluding carboxylic acids is 1. The Hall–Kier alpha value is -2.81. The van der Waals surface area contributed by atoms with Gasteiger partial charge in [0.2, 0.25) is 5.91 Å². The van der Waals surface area contributed by atoms with Crippen LogP contribution < -0.4 is 5.32 Å². The van der Waals surface area contributed by atoms with Crippen LogP contribution in [0.4, 0.5) is 0 Å². The predicted molar refractivity (Wildman–Crippen MR) is 155 cm³/mol. The van der Waals surface area contributed by atoms with Crippen LogP contribution >= 0.6 is 0 Å². The first-order chi connectivity index (χ1) is 20.0. The van der Waals surface area contributed by atoms with E-state index in [1.165, 1.54) is 0 Å². The van der Waals surface area contributed by atoms with Gasteiger partial charge >= 0.3 is 23.9 Å². The summed E-state index contributed by atoms with van der Waals surface area (Å²) in [5, 5.41) is 39.7. The van der Waals surface area contributed by atoms with E-state index in [1.807, 2.05) is 4.90 Å². The van der Waals surface area contributed by atoms with Gasteiger partial charge in [-0.15, -0.1) is 0 Å². The summed E-state index contributed by atoms with van der Waals surface area (Å²) in [5.74, 6) is -3.87. The van der Waals surface area contributed by atoms with Crippen LogP contribution in [0.25, 0.3) is 0 Å². The molecular weight excluding hydrogens is 550 g/mol. The summed E-state index contributed by atoms with van der Waals surface area (Å²) >= 11 is 0. The average Bonchev–Trinajstić information content (AvgIpc) is 2.90. The van der Waals surface area contributed by atoms with Crippen LogP contribution in [0.2, 0.25) is 0 Å². The summed E-state index contributed by atoms with van der Waals surface area (Å²) in [7, 11) is 0. The molecule has 1 heterocycles. The number of nitrogens with zero attached hydrogens (tertiary/aromatic N) is 4. The SMILES string of the molecule is CC(C(=O)NCCCCCCCCCCC(=O)O)N1CCN(CC(=O)O)CCN(CC(=O)O)CCN(CC(=O)O)CC1. The van der Waals surface area contributed by atoms with Crippen LogP contribution in [0.5, 0.6) is 0 Å². The second-order valence-corrected chi connectivity index (χ2v) is 11.0. The molecule has 14 nitrogen and oxygen atoms in total. The van der Waals surface area contributed by atoms with Crippen molar-refractivity contribution in [1.82, 2.24) is 24.9 Å². The first-order valence-corrected chi connectivity index (χ1v) is 15.0. The third kappa shape index (κ3) is 18.6. The van der Waals surface area contributed by atoms with Crippen LogP contribution in [-0.4, -0.2) is 154 Å². The van der Waals surface area contributed by atoms with Crippen LogP contribution in [-0.2, 0) is 24.0 Å². The lowest BCUT2D eigenvalue weighted by atomic mass is 10.1. The van der Waals surface area contributed by atoms with Crippen LogP contribution in [0.3, 0.4) is 0 Å². The van der Waals surface area contributed by atoms with E-state index in [2.05, 4.69) is 5.32 Å². The zero-order valence-corrected chi connectivity index (χ0v) is 25.0. The highest BCUT2D eigenvalue weighted by Crippen LogP contribution is 2.10. The maximum Gasteiger partial charge on any atom is 0.317 e. The third-order valence-electron chi connectivity index (χ3n) is 7.49. The molecule has 1 atom stereocenters. The van der Waals surface area contributed by atoms with Gasteiger partial charge < -0.3 is 25.7 Å². The molecule has 14 heteroatoms. The number of carboxylic acids is 4. The van der Waals surface area contributed by atoms with Crippen LogP contribution in [0, 0.1) is 0 Å². The summed E-state index contributed by atoms with van der Waals surface area (Å²) in [6.45, 7) is 4.52. The number of hydrogen-bond acceptors (Lipinski definition) is 9. The standard InChI is InChI=1S/C28H51N5O9/c1-23(28(42)29-11-9-7-5-3-2-4-6-8-10-24(34)35)33-18-16-31(21-26(38)39)14-12-30(20-25(36)37)13-15-32(17-19-33)22-27(40)41/h23H,2-22H2,1H3,(H,29,42)(H,34,35)(H,36,37)(H,38,39)(H,40,41). The van der Waals surface area contributed by atoms with Gasteiger partial charge in [0.15, 0.2) is 0 Å². The Bertz CT molecular complexity index is 813. The fraction of sp³-hybridized carbons (Fsp3) is 0.821. The van der Waals surface area contributed by atoms with Crippen LogP contribution in [0.1, 0.15) is 64.7 Å². The number of rotatable bonds is 19. The molecule has 0 saturated carbocycles. The fourth-order valence-corrected chi connectivity index (χ4v) is 4.98. The molecule has 5 N–H and O–H groups in total. The minimum Gasteiger partial charge on any atom is -0.481 e. The maximum absolute atomic E-state index is 13.0. The van der Waals surface area contributed by atoms with E-state index in [1.54, 1.807) is 21.6 Å². The molecule has 0 aromatic rings. The maximum atomic E-state index is 13.0. The monoisotopic (exact) mass is 601 g/mol. The van der Waals surface area contributed by atoms with E-state index in [0.29, 0.717) is 58.9 Å². The number of nitrogens with one attached hydrogen (secondary N) is 1. The molecule has 0 aromatic heterocycles. The van der Waals surface area contributed by atoms with Gasteiger partial charge in [0.1, 0.15) is 0 Å². The molecule has 242 valence electrons. The largest absolute Gasteiger partial charge is 0.481 e. The van der Waals surface area contributed by atoms with Gasteiger partial charge in [-0.05, 0) is 19.8 Å². The van der Waals surface area contributed by atoms with E-state index >= 15 is 0 Å². The Labute approximate surface area is 248 Å². The first-order valence-electron chi connectivity index (χ1n) is 15.0. The zero-order chi connectivity index (χ0) is 31.3. The number of amides is 1. The molecule has 0 bridgehead atoms. The van der Waals surface area contributed by atoms with Crippen molar-refractivity contribution < 1.29 is 44.4 Å². The summed E-state index contributed by atoms with van der Waals surface area (Å²) in [5.41, 5.74) is 0. The van der Waals surface area contributed by atoms with Gasteiger partial charge in [-0.1, -0.05) is 38.5 Å². The number of unbranched alkanes of at least 4 members (excludes halogenated alkanes) is 7. The quantitative estimate of drug-likeness (QED) is 0.129. The molecule has 1 aliphatic heterocycles. The molecule has 1 saturated heterocycles. The van der Waals surface area contributed by atoms with Crippen molar-refractivity contribution in [3.63, 3.8) is 0 Å². The number of aliphatic carboxylic acids is 4. The molecule has 1 amide bonds. The average molecular weight is 602 g/mol. The van der Waals surface area contributed by atoms with Crippen LogP contribution in [0.15, 0.2) is 0 Å². The number of carbonyl (C=O) groups is 5. The van der Waals surface area contributed by atoms with Gasteiger partial charge in [-0.3, -0.25) is 43.6 Å². The molecule has 0 aliphatic carbocycles. The summed E-state index contributed by atoms with van der Waals surface area (Å²) in [6, 6.07) is -0.499. The van der Waals surface area contributed by atoms with E-state index in [0.717, 1.165) is 51.4 Å². The predicted octanol–water partition coefficient (Wildman–Crippen LogP) is 0.562. The lowest BCUT2D eigenvalue weighted by Crippen LogP contribution is -2.52. The molecule has 1 rings (SSSR count). The summed E-state index contributed by atoms with van der Waals surface area (Å²) in [6.07, 6.45) is 7.96. The van der Waals surface area contributed by atoms with Crippen molar-refractivity contribution in [2.75, 3.05) is 78.5 Å². The van der Waals surface area contributed by atoms with Crippen molar-refractivity contribution in [1.29, 1.82) is 0 Å². The van der Waals surface area contributed by atoms with Crippen molar-refractivity contribution in [3.05, 3.63) is 0 Å². The van der Waals surface area contributed by atoms with Gasteiger partial charge in [0.05, 0.1) is 25.7 Å². The van der Waals surface area contributed by atoms with E-state index in [9.17, 15) is 39.3 Å². The van der Waals surface area contributed by atoms with Gasteiger partial charge in [0.25, 0.3) is 0 Å². The second kappa shape index (κ2) is 21.8. The smallest absolute Gasteiger partial charge is 0.317 e. The second-order valence-electron chi connectivity index (χ2n) is 11.0. The first kappa shape index (κ1) is 37.2. The highest BCUT2D eigenvalue weighted by Gasteiger charge is 2.25. The molecule has 0 aromatic carbocycles. The van der Waals surface area contributed by atoms with E-state index in [4.69, 9.17) is 5.11 Å². The lowest BCUT2D eigenvalue weighted by Gasteiger charge is -2.35. The van der Waals surface area contributed by atoms with Gasteiger partial charge in [0, 0.05) is 65.3 Å². The Morgan fingerprint density at radius 1 is 0.548 bits per heavy atom. The molecule has 0 spiro atoms. The molecule has 1 fully saturated rings. The minimum atomic E-state index is -1.01. The zero-order valence-electron chi connectivity index (χ0n) is 25.0. The van der Waals surface area contributed by atoms with Crippen molar-refractivity contribution >= 4 is 29.8 Å².